The number of aryl methyl sites for hydroxylation is 1. The second-order valence-electron chi connectivity index (χ2n) is 5.50. The number of hydrogen-bond donors (Lipinski definition) is 1. The number of nitrogens with zero attached hydrogens (tertiary/aromatic N) is 2. The van der Waals surface area contributed by atoms with E-state index in [1.165, 1.54) is 17.3 Å². The third-order valence-electron chi connectivity index (χ3n) is 3.92. The van der Waals surface area contributed by atoms with Crippen molar-refractivity contribution >= 4 is 10.0 Å². The van der Waals surface area contributed by atoms with Gasteiger partial charge in [-0.05, 0) is 19.1 Å². The Hall–Kier alpha value is -1.12. The summed E-state index contributed by atoms with van der Waals surface area (Å²) >= 11 is 0. The monoisotopic (exact) mass is 303 g/mol. The van der Waals surface area contributed by atoms with Gasteiger partial charge in [0.2, 0.25) is 10.0 Å². The van der Waals surface area contributed by atoms with Gasteiger partial charge in [0, 0.05) is 31.6 Å². The first-order valence-electron chi connectivity index (χ1n) is 6.31. The Morgan fingerprint density at radius 3 is 2.45 bits per heavy atom. The van der Waals surface area contributed by atoms with E-state index in [0.717, 1.165) is 19.2 Å². The van der Waals surface area contributed by atoms with Crippen molar-refractivity contribution in [1.29, 1.82) is 0 Å². The van der Waals surface area contributed by atoms with Crippen molar-refractivity contribution < 1.29 is 17.2 Å². The fraction of sp³-hybridized carbons (Fsp3) is 0.583. The third kappa shape index (κ3) is 2.02. The summed E-state index contributed by atoms with van der Waals surface area (Å²) in [7, 11) is -3.62. The van der Waals surface area contributed by atoms with Crippen LogP contribution in [0.2, 0.25) is 0 Å². The van der Waals surface area contributed by atoms with Crippen LogP contribution in [-0.2, 0) is 10.0 Å². The van der Waals surface area contributed by atoms with E-state index in [1.54, 1.807) is 0 Å². The van der Waals surface area contributed by atoms with Crippen molar-refractivity contribution in [2.24, 2.45) is 5.41 Å². The number of hydrogen-bond acceptors (Lipinski definition) is 4. The normalized spacial score (nSPS) is 21.8. The summed E-state index contributed by atoms with van der Waals surface area (Å²) in [5, 5.41) is 3.13. The number of sulfonamides is 1. The molecule has 0 saturated carbocycles. The molecule has 110 valence electrons. The Balaban J connectivity index is 1.85. The zero-order valence-electron chi connectivity index (χ0n) is 10.9. The minimum atomic E-state index is -3.62. The molecule has 0 atom stereocenters. The van der Waals surface area contributed by atoms with E-state index in [4.69, 9.17) is 0 Å². The molecule has 0 unspecified atom stereocenters. The first-order chi connectivity index (χ1) is 9.34. The van der Waals surface area contributed by atoms with Crippen molar-refractivity contribution in [3.63, 3.8) is 0 Å². The van der Waals surface area contributed by atoms with Gasteiger partial charge >= 0.3 is 0 Å². The minimum absolute atomic E-state index is 0.0176. The van der Waals surface area contributed by atoms with Crippen molar-refractivity contribution in [2.45, 2.75) is 18.2 Å². The molecule has 1 aromatic heterocycles. The summed E-state index contributed by atoms with van der Waals surface area (Å²) in [5.41, 5.74) is -0.197. The van der Waals surface area contributed by atoms with Gasteiger partial charge in [0.05, 0.1) is 5.69 Å². The van der Waals surface area contributed by atoms with Crippen molar-refractivity contribution in [1.82, 2.24) is 14.6 Å². The van der Waals surface area contributed by atoms with Crippen LogP contribution in [0.15, 0.2) is 17.0 Å². The van der Waals surface area contributed by atoms with E-state index in [9.17, 15) is 17.2 Å². The van der Waals surface area contributed by atoms with Gasteiger partial charge < -0.3 is 5.32 Å². The fourth-order valence-corrected chi connectivity index (χ4v) is 4.50. The van der Waals surface area contributed by atoms with Gasteiger partial charge in [-0.2, -0.15) is 4.31 Å². The van der Waals surface area contributed by atoms with Crippen molar-refractivity contribution in [2.75, 3.05) is 26.2 Å². The second-order valence-corrected chi connectivity index (χ2v) is 7.40. The maximum atomic E-state index is 12.5. The number of halogens is 2. The third-order valence-corrected chi connectivity index (χ3v) is 5.85. The average Bonchev–Trinajstić information content (AvgIpc) is 2.23. The van der Waals surface area contributed by atoms with Crippen LogP contribution >= 0.6 is 0 Å². The van der Waals surface area contributed by atoms with Gasteiger partial charge in [-0.25, -0.2) is 17.2 Å². The number of aromatic nitrogens is 1. The number of alkyl halides is 2. The van der Waals surface area contributed by atoms with E-state index in [1.807, 2.05) is 0 Å². The smallest absolute Gasteiger partial charge is 0.280 e. The highest BCUT2D eigenvalue weighted by atomic mass is 32.2. The molecule has 0 radical (unpaired) electrons. The first kappa shape index (κ1) is 13.8. The fourth-order valence-electron chi connectivity index (χ4n) is 2.67. The Labute approximate surface area is 116 Å². The lowest BCUT2D eigenvalue weighted by atomic mass is 9.76. The summed E-state index contributed by atoms with van der Waals surface area (Å²) in [6.07, 6.45) is -2.70. The van der Waals surface area contributed by atoms with Gasteiger partial charge in [-0.3, -0.25) is 4.98 Å². The molecule has 2 aliphatic rings. The molecule has 0 aromatic carbocycles. The Morgan fingerprint density at radius 1 is 1.35 bits per heavy atom. The molecule has 3 heterocycles. The molecule has 1 N–H and O–H groups in total. The zero-order valence-corrected chi connectivity index (χ0v) is 11.8. The highest BCUT2D eigenvalue weighted by Crippen LogP contribution is 2.38. The molecule has 2 fully saturated rings. The van der Waals surface area contributed by atoms with E-state index in [0.29, 0.717) is 13.1 Å². The van der Waals surface area contributed by atoms with Gasteiger partial charge in [0.1, 0.15) is 10.6 Å². The molecule has 2 aliphatic heterocycles. The van der Waals surface area contributed by atoms with Crippen LogP contribution in [0.25, 0.3) is 0 Å². The summed E-state index contributed by atoms with van der Waals surface area (Å²) in [4.78, 5) is 3.70. The summed E-state index contributed by atoms with van der Waals surface area (Å²) in [6.45, 7) is 4.08. The van der Waals surface area contributed by atoms with Gasteiger partial charge in [-0.1, -0.05) is 0 Å². The maximum Gasteiger partial charge on any atom is 0.280 e. The van der Waals surface area contributed by atoms with Crippen LogP contribution < -0.4 is 5.32 Å². The van der Waals surface area contributed by atoms with Crippen LogP contribution in [0.4, 0.5) is 8.78 Å². The summed E-state index contributed by atoms with van der Waals surface area (Å²) in [6, 6.07) is 2.30. The van der Waals surface area contributed by atoms with Gasteiger partial charge in [-0.15, -0.1) is 0 Å². The number of nitrogens with one attached hydrogen (secondary N) is 1. The van der Waals surface area contributed by atoms with Crippen molar-refractivity contribution in [3.8, 4) is 0 Å². The number of pyridine rings is 1. The Bertz CT molecular complexity index is 636. The van der Waals surface area contributed by atoms with Crippen LogP contribution in [-0.4, -0.2) is 43.9 Å². The van der Waals surface area contributed by atoms with E-state index >= 15 is 0 Å². The van der Waals surface area contributed by atoms with E-state index < -0.39 is 22.1 Å². The summed E-state index contributed by atoms with van der Waals surface area (Å²) < 4.78 is 51.3. The van der Waals surface area contributed by atoms with Crippen LogP contribution in [0.1, 0.15) is 17.8 Å². The SMILES string of the molecule is Cc1nc(C(F)F)ccc1S(=O)(=O)N1CC2(CNC2)C1. The maximum absolute atomic E-state index is 12.5. The van der Waals surface area contributed by atoms with Gasteiger partial charge in [0.25, 0.3) is 6.43 Å². The topological polar surface area (TPSA) is 62.3 Å². The predicted molar refractivity (Wildman–Crippen MR) is 68.0 cm³/mol. The average molecular weight is 303 g/mol. The molecular formula is C12H15F2N3O2S. The molecule has 1 spiro atoms. The van der Waals surface area contributed by atoms with Crippen LogP contribution in [0, 0.1) is 12.3 Å². The second kappa shape index (κ2) is 4.44. The first-order valence-corrected chi connectivity index (χ1v) is 7.75. The molecule has 2 saturated heterocycles. The number of rotatable bonds is 3. The van der Waals surface area contributed by atoms with Gasteiger partial charge in [0.15, 0.2) is 0 Å². The molecule has 3 rings (SSSR count). The summed E-state index contributed by atoms with van der Waals surface area (Å²) in [5.74, 6) is 0. The zero-order chi connectivity index (χ0) is 14.5. The molecule has 0 aliphatic carbocycles. The minimum Gasteiger partial charge on any atom is -0.315 e. The Kier molecular flexibility index (Phi) is 3.07. The molecule has 5 nitrogen and oxygen atoms in total. The molecule has 20 heavy (non-hydrogen) atoms. The lowest BCUT2D eigenvalue weighted by Gasteiger charge is -2.55. The molecular weight excluding hydrogens is 288 g/mol. The largest absolute Gasteiger partial charge is 0.315 e. The standard InChI is InChI=1S/C12H15F2N3O2S/c1-8-10(3-2-9(16-8)11(13)14)20(18,19)17-6-12(7-17)4-15-5-12/h2-3,11,15H,4-7H2,1H3. The highest BCUT2D eigenvalue weighted by Gasteiger charge is 2.52. The lowest BCUT2D eigenvalue weighted by Crippen LogP contribution is -2.71. The van der Waals surface area contributed by atoms with E-state index in [-0.39, 0.29) is 16.0 Å². The van der Waals surface area contributed by atoms with Crippen LogP contribution in [0.5, 0.6) is 0 Å². The molecule has 0 amide bonds. The van der Waals surface area contributed by atoms with Crippen molar-refractivity contribution in [3.05, 3.63) is 23.5 Å². The highest BCUT2D eigenvalue weighted by molar-refractivity contribution is 7.89. The van der Waals surface area contributed by atoms with Crippen LogP contribution in [0.3, 0.4) is 0 Å². The quantitative estimate of drug-likeness (QED) is 0.902. The molecule has 8 heteroatoms. The predicted octanol–water partition coefficient (Wildman–Crippen LogP) is 0.922. The lowest BCUT2D eigenvalue weighted by molar-refractivity contribution is 0.0164. The Morgan fingerprint density at radius 2 is 2.00 bits per heavy atom. The molecule has 1 aromatic rings. The van der Waals surface area contributed by atoms with E-state index in [2.05, 4.69) is 10.3 Å². The molecule has 0 bridgehead atoms.